The molecule has 0 amide bonds. The van der Waals surface area contributed by atoms with E-state index in [0.717, 1.165) is 24.5 Å². The van der Waals surface area contributed by atoms with Crippen LogP contribution in [0.2, 0.25) is 0 Å². The second kappa shape index (κ2) is 7.66. The molecule has 0 radical (unpaired) electrons. The zero-order chi connectivity index (χ0) is 19.6. The standard InChI is InChI=1S/C19H23N3O4S/c1-14-8-10-17(15-6-4-3-5-7-15)21(13-14)18-11-9-16(27(25,26)20-2)12-19(18)22(23)24/h3-7,9,11-12,14,17,20H,8,10,13H2,1-2H3/t14-,17-/m0/s1. The Hall–Kier alpha value is -2.45. The summed E-state index contributed by atoms with van der Waals surface area (Å²) in [5.41, 5.74) is 1.36. The quantitative estimate of drug-likeness (QED) is 0.624. The summed E-state index contributed by atoms with van der Waals surface area (Å²) in [5, 5.41) is 11.7. The Morgan fingerprint density at radius 2 is 1.85 bits per heavy atom. The van der Waals surface area contributed by atoms with E-state index in [1.54, 1.807) is 6.07 Å². The third-order valence-corrected chi connectivity index (χ3v) is 6.45. The Morgan fingerprint density at radius 1 is 1.15 bits per heavy atom. The van der Waals surface area contributed by atoms with E-state index in [1.165, 1.54) is 13.1 Å². The molecule has 1 fully saturated rings. The van der Waals surface area contributed by atoms with Gasteiger partial charge in [0.15, 0.2) is 0 Å². The first-order valence-electron chi connectivity index (χ1n) is 8.87. The van der Waals surface area contributed by atoms with E-state index in [2.05, 4.69) is 11.6 Å². The average Bonchev–Trinajstić information content (AvgIpc) is 2.68. The van der Waals surface area contributed by atoms with Crippen LogP contribution in [-0.2, 0) is 10.0 Å². The van der Waals surface area contributed by atoms with Crippen LogP contribution in [-0.4, -0.2) is 26.9 Å². The lowest BCUT2D eigenvalue weighted by Crippen LogP contribution is -2.37. The highest BCUT2D eigenvalue weighted by molar-refractivity contribution is 7.89. The van der Waals surface area contributed by atoms with Gasteiger partial charge < -0.3 is 4.90 Å². The smallest absolute Gasteiger partial charge is 0.293 e. The Morgan fingerprint density at radius 3 is 2.48 bits per heavy atom. The van der Waals surface area contributed by atoms with Crippen molar-refractivity contribution in [2.75, 3.05) is 18.5 Å². The molecule has 8 heteroatoms. The fourth-order valence-electron chi connectivity index (χ4n) is 3.62. The zero-order valence-electron chi connectivity index (χ0n) is 15.3. The normalized spacial score (nSPS) is 20.4. The van der Waals surface area contributed by atoms with Crippen LogP contribution in [0.4, 0.5) is 11.4 Å². The molecule has 2 aromatic carbocycles. The van der Waals surface area contributed by atoms with Crippen molar-refractivity contribution >= 4 is 21.4 Å². The van der Waals surface area contributed by atoms with E-state index in [0.29, 0.717) is 18.2 Å². The van der Waals surface area contributed by atoms with Crippen LogP contribution in [0.1, 0.15) is 31.4 Å². The summed E-state index contributed by atoms with van der Waals surface area (Å²) in [6.07, 6.45) is 1.93. The fraction of sp³-hybridized carbons (Fsp3) is 0.368. The first-order valence-corrected chi connectivity index (χ1v) is 10.4. The van der Waals surface area contributed by atoms with Gasteiger partial charge in [-0.05, 0) is 43.5 Å². The zero-order valence-corrected chi connectivity index (χ0v) is 16.1. The van der Waals surface area contributed by atoms with Gasteiger partial charge in [-0.15, -0.1) is 0 Å². The Kier molecular flexibility index (Phi) is 5.48. The van der Waals surface area contributed by atoms with Crippen LogP contribution in [0.25, 0.3) is 0 Å². The Bertz CT molecular complexity index is 931. The Labute approximate surface area is 159 Å². The summed E-state index contributed by atoms with van der Waals surface area (Å²) in [5.74, 6) is 0.394. The van der Waals surface area contributed by atoms with E-state index in [4.69, 9.17) is 0 Å². The monoisotopic (exact) mass is 389 g/mol. The first kappa shape index (κ1) is 19.3. The highest BCUT2D eigenvalue weighted by Gasteiger charge is 2.32. The predicted octanol–water partition coefficient (Wildman–Crippen LogP) is 3.48. The third-order valence-electron chi connectivity index (χ3n) is 5.03. The number of nitrogens with one attached hydrogen (secondary N) is 1. The maximum Gasteiger partial charge on any atom is 0.293 e. The fourth-order valence-corrected chi connectivity index (χ4v) is 4.37. The molecule has 0 saturated carbocycles. The van der Waals surface area contributed by atoms with E-state index in [9.17, 15) is 18.5 Å². The molecule has 1 aliphatic rings. The van der Waals surface area contributed by atoms with Crippen molar-refractivity contribution in [3.05, 3.63) is 64.2 Å². The minimum Gasteiger partial charge on any atom is -0.359 e. The minimum atomic E-state index is -3.75. The third kappa shape index (κ3) is 3.96. The number of hydrogen-bond acceptors (Lipinski definition) is 5. The average molecular weight is 389 g/mol. The van der Waals surface area contributed by atoms with Crippen molar-refractivity contribution in [1.29, 1.82) is 0 Å². The number of hydrogen-bond donors (Lipinski definition) is 1. The maximum atomic E-state index is 12.1. The number of rotatable bonds is 5. The van der Waals surface area contributed by atoms with Gasteiger partial charge in [-0.3, -0.25) is 10.1 Å². The highest BCUT2D eigenvalue weighted by Crippen LogP contribution is 2.41. The summed E-state index contributed by atoms with van der Waals surface area (Å²) < 4.78 is 26.3. The summed E-state index contributed by atoms with van der Waals surface area (Å²) in [6, 6.07) is 14.1. The number of nitrogens with zero attached hydrogens (tertiary/aromatic N) is 2. The van der Waals surface area contributed by atoms with E-state index in [-0.39, 0.29) is 16.6 Å². The molecular weight excluding hydrogens is 366 g/mol. The highest BCUT2D eigenvalue weighted by atomic mass is 32.2. The summed E-state index contributed by atoms with van der Waals surface area (Å²) in [6.45, 7) is 2.80. The molecule has 1 N–H and O–H groups in total. The Balaban J connectivity index is 2.10. The van der Waals surface area contributed by atoms with Gasteiger partial charge in [0.1, 0.15) is 5.69 Å². The van der Waals surface area contributed by atoms with Crippen LogP contribution in [0.5, 0.6) is 0 Å². The van der Waals surface area contributed by atoms with Crippen LogP contribution >= 0.6 is 0 Å². The molecule has 3 rings (SSSR count). The van der Waals surface area contributed by atoms with Gasteiger partial charge in [-0.25, -0.2) is 13.1 Å². The lowest BCUT2D eigenvalue weighted by atomic mass is 9.89. The van der Waals surface area contributed by atoms with Crippen LogP contribution < -0.4 is 9.62 Å². The summed E-state index contributed by atoms with van der Waals surface area (Å²) in [7, 11) is -2.47. The number of anilines is 1. The molecule has 0 spiro atoms. The minimum absolute atomic E-state index is 0.0212. The van der Waals surface area contributed by atoms with Gasteiger partial charge in [-0.2, -0.15) is 0 Å². The molecule has 1 heterocycles. The second-order valence-electron chi connectivity index (χ2n) is 6.88. The molecule has 2 aromatic rings. The molecule has 144 valence electrons. The number of nitro benzene ring substituents is 1. The van der Waals surface area contributed by atoms with Crippen LogP contribution in [0.3, 0.4) is 0 Å². The maximum absolute atomic E-state index is 12.1. The number of nitro groups is 1. The predicted molar refractivity (Wildman–Crippen MR) is 104 cm³/mol. The van der Waals surface area contributed by atoms with Crippen molar-refractivity contribution in [1.82, 2.24) is 4.72 Å². The topological polar surface area (TPSA) is 92.6 Å². The van der Waals surface area contributed by atoms with Gasteiger partial charge in [0.2, 0.25) is 10.0 Å². The number of benzene rings is 2. The number of sulfonamides is 1. The van der Waals surface area contributed by atoms with E-state index >= 15 is 0 Å². The largest absolute Gasteiger partial charge is 0.359 e. The first-order chi connectivity index (χ1) is 12.8. The molecule has 1 aliphatic heterocycles. The van der Waals surface area contributed by atoms with Gasteiger partial charge in [0, 0.05) is 12.6 Å². The lowest BCUT2D eigenvalue weighted by molar-refractivity contribution is -0.384. The van der Waals surface area contributed by atoms with Crippen molar-refractivity contribution in [3.63, 3.8) is 0 Å². The van der Waals surface area contributed by atoms with E-state index < -0.39 is 14.9 Å². The SMILES string of the molecule is CNS(=O)(=O)c1ccc(N2C[C@@H](C)CC[C@H]2c2ccccc2)c([N+](=O)[O-])c1. The second-order valence-corrected chi connectivity index (χ2v) is 8.76. The van der Waals surface area contributed by atoms with Crippen molar-refractivity contribution < 1.29 is 13.3 Å². The summed E-state index contributed by atoms with van der Waals surface area (Å²) >= 11 is 0. The van der Waals surface area contributed by atoms with Gasteiger partial charge in [0.25, 0.3) is 5.69 Å². The molecule has 0 aliphatic carbocycles. The molecule has 1 saturated heterocycles. The van der Waals surface area contributed by atoms with Crippen molar-refractivity contribution in [2.45, 2.75) is 30.7 Å². The van der Waals surface area contributed by atoms with Gasteiger partial charge in [0.05, 0.1) is 15.9 Å². The van der Waals surface area contributed by atoms with Crippen molar-refractivity contribution in [3.8, 4) is 0 Å². The summed E-state index contributed by atoms with van der Waals surface area (Å²) in [4.78, 5) is 13.1. The molecule has 0 unspecified atom stereocenters. The molecule has 0 bridgehead atoms. The van der Waals surface area contributed by atoms with Crippen LogP contribution in [0, 0.1) is 16.0 Å². The molecule has 0 aromatic heterocycles. The van der Waals surface area contributed by atoms with Crippen molar-refractivity contribution in [2.24, 2.45) is 5.92 Å². The molecule has 7 nitrogen and oxygen atoms in total. The number of piperidine rings is 1. The van der Waals surface area contributed by atoms with Crippen LogP contribution in [0.15, 0.2) is 53.4 Å². The molecule has 27 heavy (non-hydrogen) atoms. The van der Waals surface area contributed by atoms with Gasteiger partial charge in [-0.1, -0.05) is 37.3 Å². The van der Waals surface area contributed by atoms with E-state index in [1.807, 2.05) is 35.2 Å². The molecular formula is C19H23N3O4S. The van der Waals surface area contributed by atoms with Gasteiger partial charge >= 0.3 is 0 Å². The molecule has 2 atom stereocenters. The lowest BCUT2D eigenvalue weighted by Gasteiger charge is -2.40.